The second-order valence-corrected chi connectivity index (χ2v) is 5.75. The van der Waals surface area contributed by atoms with Crippen LogP contribution in [0.2, 0.25) is 0 Å². The number of aromatic nitrogens is 2. The number of nitrogens with two attached hydrogens (primary N) is 1. The van der Waals surface area contributed by atoms with Crippen molar-refractivity contribution in [1.82, 2.24) is 9.97 Å². The molecule has 1 saturated heterocycles. The van der Waals surface area contributed by atoms with Crippen molar-refractivity contribution in [2.45, 2.75) is 31.9 Å². The van der Waals surface area contributed by atoms with E-state index in [0.29, 0.717) is 5.82 Å². The highest BCUT2D eigenvalue weighted by molar-refractivity contribution is 5.90. The maximum Gasteiger partial charge on any atom is 0.268 e. The van der Waals surface area contributed by atoms with E-state index in [-0.39, 0.29) is 17.8 Å². The summed E-state index contributed by atoms with van der Waals surface area (Å²) in [5.41, 5.74) is 7.71. The average Bonchev–Trinajstić information content (AvgIpc) is 2.57. The van der Waals surface area contributed by atoms with Crippen molar-refractivity contribution < 1.29 is 9.53 Å². The SMILES string of the molecule is Cc1ccc([C@H]2OCCC[C@H]2Nc2cnc(C(N)=O)cn2)cc1. The summed E-state index contributed by atoms with van der Waals surface area (Å²) in [4.78, 5) is 19.3. The van der Waals surface area contributed by atoms with Crippen LogP contribution >= 0.6 is 0 Å². The van der Waals surface area contributed by atoms with Gasteiger partial charge >= 0.3 is 0 Å². The van der Waals surface area contributed by atoms with Gasteiger partial charge < -0.3 is 15.8 Å². The molecule has 2 heterocycles. The van der Waals surface area contributed by atoms with Crippen LogP contribution in [-0.4, -0.2) is 28.5 Å². The van der Waals surface area contributed by atoms with Crippen LogP contribution in [0.4, 0.5) is 5.82 Å². The zero-order valence-corrected chi connectivity index (χ0v) is 13.0. The van der Waals surface area contributed by atoms with Crippen LogP contribution in [0.5, 0.6) is 0 Å². The van der Waals surface area contributed by atoms with E-state index in [4.69, 9.17) is 10.5 Å². The first kappa shape index (κ1) is 15.4. The molecule has 23 heavy (non-hydrogen) atoms. The number of ether oxygens (including phenoxy) is 1. The molecule has 0 aliphatic carbocycles. The Balaban J connectivity index is 1.76. The van der Waals surface area contributed by atoms with E-state index in [1.54, 1.807) is 0 Å². The smallest absolute Gasteiger partial charge is 0.268 e. The number of carbonyl (C=O) groups is 1. The normalized spacial score (nSPS) is 20.9. The summed E-state index contributed by atoms with van der Waals surface area (Å²) in [6.07, 6.45) is 4.86. The summed E-state index contributed by atoms with van der Waals surface area (Å²) in [7, 11) is 0. The minimum atomic E-state index is -0.581. The van der Waals surface area contributed by atoms with Crippen molar-refractivity contribution in [2.75, 3.05) is 11.9 Å². The number of anilines is 1. The van der Waals surface area contributed by atoms with E-state index >= 15 is 0 Å². The predicted molar refractivity (Wildman–Crippen MR) is 87.1 cm³/mol. The summed E-state index contributed by atoms with van der Waals surface area (Å²) >= 11 is 0. The molecule has 1 fully saturated rings. The van der Waals surface area contributed by atoms with Crippen molar-refractivity contribution >= 4 is 11.7 Å². The van der Waals surface area contributed by atoms with Gasteiger partial charge in [0.1, 0.15) is 17.6 Å². The van der Waals surface area contributed by atoms with Crippen molar-refractivity contribution in [3.05, 3.63) is 53.5 Å². The van der Waals surface area contributed by atoms with E-state index in [2.05, 4.69) is 46.5 Å². The van der Waals surface area contributed by atoms with Gasteiger partial charge in [-0.1, -0.05) is 29.8 Å². The number of benzene rings is 1. The van der Waals surface area contributed by atoms with Gasteiger partial charge in [-0.25, -0.2) is 9.97 Å². The highest BCUT2D eigenvalue weighted by atomic mass is 16.5. The van der Waals surface area contributed by atoms with Crippen LogP contribution in [0.15, 0.2) is 36.7 Å². The van der Waals surface area contributed by atoms with E-state index in [1.165, 1.54) is 18.0 Å². The number of hydrogen-bond acceptors (Lipinski definition) is 5. The number of rotatable bonds is 4. The molecule has 0 saturated carbocycles. The van der Waals surface area contributed by atoms with Crippen molar-refractivity contribution in [3.8, 4) is 0 Å². The summed E-state index contributed by atoms with van der Waals surface area (Å²) < 4.78 is 5.97. The molecule has 3 N–H and O–H groups in total. The van der Waals surface area contributed by atoms with Crippen LogP contribution in [0.1, 0.15) is 40.6 Å². The lowest BCUT2D eigenvalue weighted by atomic mass is 9.95. The van der Waals surface area contributed by atoms with Gasteiger partial charge in [0.2, 0.25) is 0 Å². The molecule has 1 amide bonds. The standard InChI is InChI=1S/C17H20N4O2/c1-11-4-6-12(7-5-11)16-13(3-2-8-23-16)21-15-10-19-14(9-20-15)17(18)22/h4-7,9-10,13,16H,2-3,8H2,1H3,(H2,18,22)(H,20,21)/t13-,16-/m1/s1. The molecular weight excluding hydrogens is 292 g/mol. The molecule has 2 aromatic rings. The van der Waals surface area contributed by atoms with Gasteiger partial charge in [0.05, 0.1) is 18.4 Å². The van der Waals surface area contributed by atoms with Gasteiger partial charge in [0, 0.05) is 6.61 Å². The molecule has 2 atom stereocenters. The number of carbonyl (C=O) groups excluding carboxylic acids is 1. The quantitative estimate of drug-likeness (QED) is 0.903. The first-order chi connectivity index (χ1) is 11.1. The molecule has 1 aromatic heterocycles. The average molecular weight is 312 g/mol. The summed E-state index contributed by atoms with van der Waals surface area (Å²) in [5, 5.41) is 3.36. The zero-order chi connectivity index (χ0) is 16.2. The van der Waals surface area contributed by atoms with E-state index in [9.17, 15) is 4.79 Å². The Hall–Kier alpha value is -2.47. The van der Waals surface area contributed by atoms with Gasteiger partial charge in [-0.2, -0.15) is 0 Å². The first-order valence-electron chi connectivity index (χ1n) is 7.70. The third kappa shape index (κ3) is 3.65. The third-order valence-corrected chi connectivity index (χ3v) is 3.97. The van der Waals surface area contributed by atoms with Crippen molar-refractivity contribution in [2.24, 2.45) is 5.73 Å². The number of aryl methyl sites for hydroxylation is 1. The molecule has 0 bridgehead atoms. The fraction of sp³-hybridized carbons (Fsp3) is 0.353. The molecule has 6 heteroatoms. The van der Waals surface area contributed by atoms with Crippen LogP contribution in [-0.2, 0) is 4.74 Å². The molecule has 1 aliphatic rings. The summed E-state index contributed by atoms with van der Waals surface area (Å²) in [6.45, 7) is 2.82. The Morgan fingerprint density at radius 1 is 1.26 bits per heavy atom. The third-order valence-electron chi connectivity index (χ3n) is 3.97. The molecule has 3 rings (SSSR count). The Bertz CT molecular complexity index is 670. The number of hydrogen-bond donors (Lipinski definition) is 2. The summed E-state index contributed by atoms with van der Waals surface area (Å²) in [6, 6.07) is 8.49. The molecule has 1 aliphatic heterocycles. The highest BCUT2D eigenvalue weighted by Crippen LogP contribution is 2.30. The Labute approximate surface area is 135 Å². The molecule has 120 valence electrons. The molecule has 0 unspecified atom stereocenters. The number of primary amides is 1. The Morgan fingerprint density at radius 2 is 2.04 bits per heavy atom. The van der Waals surface area contributed by atoms with Crippen LogP contribution in [0.25, 0.3) is 0 Å². The second kappa shape index (κ2) is 6.75. The van der Waals surface area contributed by atoms with E-state index in [1.807, 2.05) is 0 Å². The fourth-order valence-electron chi connectivity index (χ4n) is 2.73. The number of nitrogens with zero attached hydrogens (tertiary/aromatic N) is 2. The molecule has 1 aromatic carbocycles. The molecular formula is C17H20N4O2. The minimum Gasteiger partial charge on any atom is -0.371 e. The number of nitrogens with one attached hydrogen (secondary N) is 1. The van der Waals surface area contributed by atoms with Crippen LogP contribution in [0.3, 0.4) is 0 Å². The van der Waals surface area contributed by atoms with E-state index < -0.39 is 5.91 Å². The second-order valence-electron chi connectivity index (χ2n) is 5.75. The first-order valence-corrected chi connectivity index (χ1v) is 7.70. The van der Waals surface area contributed by atoms with Crippen LogP contribution < -0.4 is 11.1 Å². The van der Waals surface area contributed by atoms with Gasteiger partial charge in [0.15, 0.2) is 0 Å². The fourth-order valence-corrected chi connectivity index (χ4v) is 2.73. The van der Waals surface area contributed by atoms with Crippen molar-refractivity contribution in [1.29, 1.82) is 0 Å². The Morgan fingerprint density at radius 3 is 2.70 bits per heavy atom. The number of amides is 1. The largest absolute Gasteiger partial charge is 0.371 e. The topological polar surface area (TPSA) is 90.1 Å². The lowest BCUT2D eigenvalue weighted by Gasteiger charge is -2.33. The van der Waals surface area contributed by atoms with Crippen molar-refractivity contribution in [3.63, 3.8) is 0 Å². The van der Waals surface area contributed by atoms with Gasteiger partial charge in [-0.3, -0.25) is 4.79 Å². The van der Waals surface area contributed by atoms with Gasteiger partial charge in [0.25, 0.3) is 5.91 Å². The monoisotopic (exact) mass is 312 g/mol. The molecule has 0 radical (unpaired) electrons. The minimum absolute atomic E-state index is 0.0260. The van der Waals surface area contributed by atoms with E-state index in [0.717, 1.165) is 25.0 Å². The maximum absolute atomic E-state index is 11.0. The molecule has 6 nitrogen and oxygen atoms in total. The van der Waals surface area contributed by atoms with Gasteiger partial charge in [-0.05, 0) is 25.3 Å². The lowest BCUT2D eigenvalue weighted by molar-refractivity contribution is 0.00554. The van der Waals surface area contributed by atoms with Crippen LogP contribution in [0, 0.1) is 6.92 Å². The lowest BCUT2D eigenvalue weighted by Crippen LogP contribution is -2.34. The van der Waals surface area contributed by atoms with Gasteiger partial charge in [-0.15, -0.1) is 0 Å². The predicted octanol–water partition coefficient (Wildman–Crippen LogP) is 2.22. The highest BCUT2D eigenvalue weighted by Gasteiger charge is 2.27. The molecule has 0 spiro atoms. The zero-order valence-electron chi connectivity index (χ0n) is 13.0. The Kier molecular flexibility index (Phi) is 4.52. The summed E-state index contributed by atoms with van der Waals surface area (Å²) in [5.74, 6) is 0.0326. The maximum atomic E-state index is 11.0.